The van der Waals surface area contributed by atoms with E-state index in [9.17, 15) is 10.1 Å². The first-order valence-electron chi connectivity index (χ1n) is 6.72. The van der Waals surface area contributed by atoms with E-state index in [4.69, 9.17) is 4.74 Å². The van der Waals surface area contributed by atoms with Gasteiger partial charge in [0.05, 0.1) is 22.1 Å². The molecule has 1 aromatic carbocycles. The van der Waals surface area contributed by atoms with Gasteiger partial charge in [0, 0.05) is 25.3 Å². The van der Waals surface area contributed by atoms with E-state index >= 15 is 0 Å². The van der Waals surface area contributed by atoms with Crippen LogP contribution in [0.2, 0.25) is 0 Å². The molecular formula is C13H16N4O3. The van der Waals surface area contributed by atoms with Crippen LogP contribution in [0.25, 0.3) is 11.0 Å². The minimum absolute atomic E-state index is 0.0586. The van der Waals surface area contributed by atoms with Crippen LogP contribution < -0.4 is 5.32 Å². The Morgan fingerprint density at radius 2 is 2.40 bits per heavy atom. The number of nitrogens with zero attached hydrogens (tertiary/aromatic N) is 2. The normalized spacial score (nSPS) is 19.1. The molecule has 1 atom stereocenters. The number of nitrogens with one attached hydrogen (secondary N) is 2. The second kappa shape index (κ2) is 5.46. The van der Waals surface area contributed by atoms with Gasteiger partial charge >= 0.3 is 0 Å². The zero-order valence-corrected chi connectivity index (χ0v) is 11.0. The topological polar surface area (TPSA) is 93.1 Å². The minimum Gasteiger partial charge on any atom is -0.376 e. The number of benzene rings is 1. The van der Waals surface area contributed by atoms with Crippen molar-refractivity contribution in [3.05, 3.63) is 28.3 Å². The van der Waals surface area contributed by atoms with Gasteiger partial charge in [0.15, 0.2) is 0 Å². The molecule has 0 bridgehead atoms. The van der Waals surface area contributed by atoms with Crippen molar-refractivity contribution >= 4 is 22.7 Å². The molecule has 1 saturated heterocycles. The van der Waals surface area contributed by atoms with Gasteiger partial charge in [0.25, 0.3) is 5.69 Å². The van der Waals surface area contributed by atoms with Crippen molar-refractivity contribution in [2.45, 2.75) is 25.4 Å². The van der Waals surface area contributed by atoms with Crippen LogP contribution in [0.15, 0.2) is 18.2 Å². The van der Waals surface area contributed by atoms with Crippen molar-refractivity contribution < 1.29 is 9.66 Å². The van der Waals surface area contributed by atoms with Crippen molar-refractivity contribution in [2.75, 3.05) is 18.5 Å². The first-order chi connectivity index (χ1) is 9.72. The molecule has 106 valence electrons. The van der Waals surface area contributed by atoms with Gasteiger partial charge in [-0.2, -0.15) is 0 Å². The summed E-state index contributed by atoms with van der Waals surface area (Å²) in [6.07, 6.45) is 3.59. The number of nitro groups is 1. The van der Waals surface area contributed by atoms with E-state index in [0.717, 1.165) is 19.4 Å². The summed E-state index contributed by atoms with van der Waals surface area (Å²) in [6.45, 7) is 1.51. The third-order valence-electron chi connectivity index (χ3n) is 3.45. The third kappa shape index (κ3) is 2.72. The van der Waals surface area contributed by atoms with Gasteiger partial charge in [0.1, 0.15) is 0 Å². The van der Waals surface area contributed by atoms with Crippen LogP contribution in [0.1, 0.15) is 19.3 Å². The molecular weight excluding hydrogens is 260 g/mol. The number of hydrogen-bond acceptors (Lipinski definition) is 5. The smallest absolute Gasteiger partial charge is 0.271 e. The summed E-state index contributed by atoms with van der Waals surface area (Å²) in [5.41, 5.74) is 1.43. The number of nitro benzene ring substituents is 1. The molecule has 2 aromatic rings. The molecule has 7 heteroatoms. The highest BCUT2D eigenvalue weighted by Gasteiger charge is 2.14. The summed E-state index contributed by atoms with van der Waals surface area (Å²) in [5, 5.41) is 13.9. The quantitative estimate of drug-likeness (QED) is 0.661. The van der Waals surface area contributed by atoms with Crippen molar-refractivity contribution in [2.24, 2.45) is 0 Å². The van der Waals surface area contributed by atoms with Crippen LogP contribution in [0.3, 0.4) is 0 Å². The predicted molar refractivity (Wildman–Crippen MR) is 74.8 cm³/mol. The summed E-state index contributed by atoms with van der Waals surface area (Å²) in [4.78, 5) is 17.7. The van der Waals surface area contributed by atoms with Crippen molar-refractivity contribution in [3.63, 3.8) is 0 Å². The zero-order valence-electron chi connectivity index (χ0n) is 11.0. The fraction of sp³-hybridized carbons (Fsp3) is 0.462. The first-order valence-corrected chi connectivity index (χ1v) is 6.72. The fourth-order valence-electron chi connectivity index (χ4n) is 2.37. The molecule has 3 rings (SSSR count). The molecule has 1 unspecified atom stereocenters. The maximum atomic E-state index is 10.7. The zero-order chi connectivity index (χ0) is 13.9. The highest BCUT2D eigenvalue weighted by Crippen LogP contribution is 2.21. The number of anilines is 1. The Balaban J connectivity index is 1.70. The lowest BCUT2D eigenvalue weighted by Crippen LogP contribution is -2.27. The average Bonchev–Trinajstić information content (AvgIpc) is 2.88. The highest BCUT2D eigenvalue weighted by atomic mass is 16.6. The van der Waals surface area contributed by atoms with E-state index < -0.39 is 4.92 Å². The van der Waals surface area contributed by atoms with Crippen molar-refractivity contribution in [1.82, 2.24) is 9.97 Å². The Morgan fingerprint density at radius 3 is 3.15 bits per heavy atom. The van der Waals surface area contributed by atoms with Crippen molar-refractivity contribution in [3.8, 4) is 0 Å². The Kier molecular flexibility index (Phi) is 3.51. The molecule has 0 aliphatic carbocycles. The number of aromatic nitrogens is 2. The number of aromatic amines is 1. The molecule has 20 heavy (non-hydrogen) atoms. The van der Waals surface area contributed by atoms with E-state index in [-0.39, 0.29) is 11.8 Å². The molecule has 2 N–H and O–H groups in total. The number of ether oxygens (including phenoxy) is 1. The molecule has 0 amide bonds. The van der Waals surface area contributed by atoms with E-state index in [2.05, 4.69) is 15.3 Å². The Labute approximate surface area is 115 Å². The van der Waals surface area contributed by atoms with Crippen LogP contribution in [-0.4, -0.2) is 34.1 Å². The van der Waals surface area contributed by atoms with Gasteiger partial charge in [-0.15, -0.1) is 0 Å². The lowest BCUT2D eigenvalue weighted by atomic mass is 10.1. The number of imidazole rings is 1. The second-order valence-corrected chi connectivity index (χ2v) is 4.91. The monoisotopic (exact) mass is 276 g/mol. The van der Waals surface area contributed by atoms with Crippen LogP contribution in [0, 0.1) is 10.1 Å². The standard InChI is InChI=1S/C13H16N4O3/c18-17(19)9-4-5-11-12(7-9)16-13(15-11)14-8-10-3-1-2-6-20-10/h4-5,7,10H,1-3,6,8H2,(H2,14,15,16). The molecule has 1 fully saturated rings. The van der Waals surface area contributed by atoms with Crippen LogP contribution in [-0.2, 0) is 4.74 Å². The lowest BCUT2D eigenvalue weighted by Gasteiger charge is -2.22. The molecule has 0 radical (unpaired) electrons. The van der Waals surface area contributed by atoms with Crippen molar-refractivity contribution in [1.29, 1.82) is 0 Å². The lowest BCUT2D eigenvalue weighted by molar-refractivity contribution is -0.384. The van der Waals surface area contributed by atoms with Gasteiger partial charge in [0.2, 0.25) is 5.95 Å². The number of non-ortho nitro benzene ring substituents is 1. The summed E-state index contributed by atoms with van der Waals surface area (Å²) in [7, 11) is 0. The SMILES string of the molecule is O=[N+]([O-])c1ccc2nc(NCC3CCCCO3)[nH]c2c1. The van der Waals surface area contributed by atoms with Crippen LogP contribution >= 0.6 is 0 Å². The Bertz CT molecular complexity index is 619. The van der Waals surface area contributed by atoms with E-state index in [1.54, 1.807) is 6.07 Å². The van der Waals surface area contributed by atoms with Gasteiger partial charge < -0.3 is 15.0 Å². The fourth-order valence-corrected chi connectivity index (χ4v) is 2.37. The maximum Gasteiger partial charge on any atom is 0.271 e. The molecule has 1 aliphatic heterocycles. The molecule has 2 heterocycles. The van der Waals surface area contributed by atoms with Gasteiger partial charge in [-0.05, 0) is 25.3 Å². The van der Waals surface area contributed by atoms with Crippen LogP contribution in [0.5, 0.6) is 0 Å². The molecule has 0 saturated carbocycles. The predicted octanol–water partition coefficient (Wildman–Crippen LogP) is 2.45. The number of rotatable bonds is 4. The van der Waals surface area contributed by atoms with E-state index in [1.807, 2.05) is 0 Å². The highest BCUT2D eigenvalue weighted by molar-refractivity contribution is 5.79. The number of hydrogen-bond donors (Lipinski definition) is 2. The molecule has 7 nitrogen and oxygen atoms in total. The minimum atomic E-state index is -0.413. The summed E-state index contributed by atoms with van der Waals surface area (Å²) >= 11 is 0. The first kappa shape index (κ1) is 12.9. The molecule has 0 spiro atoms. The van der Waals surface area contributed by atoms with Gasteiger partial charge in [-0.25, -0.2) is 4.98 Å². The summed E-state index contributed by atoms with van der Waals surface area (Å²) in [5.74, 6) is 0.620. The van der Waals surface area contributed by atoms with E-state index in [1.165, 1.54) is 18.6 Å². The largest absolute Gasteiger partial charge is 0.376 e. The molecule has 1 aromatic heterocycles. The second-order valence-electron chi connectivity index (χ2n) is 4.91. The number of H-pyrrole nitrogens is 1. The summed E-state index contributed by atoms with van der Waals surface area (Å²) in [6, 6.07) is 4.59. The Hall–Kier alpha value is -2.15. The maximum absolute atomic E-state index is 10.7. The molecule has 1 aliphatic rings. The van der Waals surface area contributed by atoms with Gasteiger partial charge in [-0.3, -0.25) is 10.1 Å². The van der Waals surface area contributed by atoms with E-state index in [0.29, 0.717) is 23.5 Å². The Morgan fingerprint density at radius 1 is 1.50 bits per heavy atom. The van der Waals surface area contributed by atoms with Crippen LogP contribution in [0.4, 0.5) is 11.6 Å². The summed E-state index contributed by atoms with van der Waals surface area (Å²) < 4.78 is 5.63. The van der Waals surface area contributed by atoms with Gasteiger partial charge in [-0.1, -0.05) is 0 Å². The average molecular weight is 276 g/mol. The number of fused-ring (bicyclic) bond motifs is 1. The third-order valence-corrected chi connectivity index (χ3v) is 3.45.